The molecule has 76 heavy (non-hydrogen) atoms. The normalized spacial score (nSPS) is 17.4. The van der Waals surface area contributed by atoms with E-state index in [1.807, 2.05) is 102 Å². The number of hydrogen-bond donors (Lipinski definition) is 0. The molecule has 6 aromatic carbocycles. The molecule has 0 bridgehead atoms. The van der Waals surface area contributed by atoms with E-state index >= 15 is 0 Å². The molecular formula is C60H55Cl2F12SiZr. The first kappa shape index (κ1) is 56.4. The van der Waals surface area contributed by atoms with Crippen molar-refractivity contribution in [3.05, 3.63) is 170 Å². The number of allylic oxidation sites excluding steroid dienone is 2. The van der Waals surface area contributed by atoms with Crippen molar-refractivity contribution in [2.75, 3.05) is 0 Å². The van der Waals surface area contributed by atoms with Crippen LogP contribution in [0.3, 0.4) is 0 Å². The van der Waals surface area contributed by atoms with Crippen LogP contribution in [0, 0.1) is 0 Å². The number of halogens is 14. The number of unbranched alkanes of at least 4 members (excludes halogenated alkanes) is 2. The maximum atomic E-state index is 14.7. The molecule has 0 saturated heterocycles. The molecule has 16 heteroatoms. The van der Waals surface area contributed by atoms with Crippen molar-refractivity contribution in [1.82, 2.24) is 0 Å². The maximum absolute atomic E-state index is 14.7. The van der Waals surface area contributed by atoms with Crippen LogP contribution in [0.5, 0.6) is 0 Å². The van der Waals surface area contributed by atoms with E-state index < -0.39 is 80.1 Å². The Bertz CT molecular complexity index is 3110. The summed E-state index contributed by atoms with van der Waals surface area (Å²) in [6.45, 7) is 11.2. The third-order valence-corrected chi connectivity index (χ3v) is 38.5. The molecule has 401 valence electrons. The summed E-state index contributed by atoms with van der Waals surface area (Å²) in [6.07, 6.45) is -13.4. The number of hydrogen-bond acceptors (Lipinski definition) is 0. The van der Waals surface area contributed by atoms with Crippen molar-refractivity contribution in [2.45, 2.75) is 124 Å². The molecule has 3 aliphatic rings. The van der Waals surface area contributed by atoms with Gasteiger partial charge in [0, 0.05) is 0 Å². The van der Waals surface area contributed by atoms with E-state index in [0.717, 1.165) is 60.2 Å². The van der Waals surface area contributed by atoms with Crippen LogP contribution >= 0.6 is 17.0 Å². The number of fused-ring (bicyclic) bond motifs is 5. The molecule has 0 spiro atoms. The minimum absolute atomic E-state index is 0.114. The molecule has 1 aliphatic heterocycles. The Balaban J connectivity index is 1.43. The summed E-state index contributed by atoms with van der Waals surface area (Å²) in [5.74, 6) is -0.779. The van der Waals surface area contributed by atoms with Crippen LogP contribution < -0.4 is 13.6 Å². The van der Waals surface area contributed by atoms with Crippen molar-refractivity contribution >= 4 is 52.3 Å². The summed E-state index contributed by atoms with van der Waals surface area (Å²) >= 11 is -6.61. The molecule has 0 fully saturated rings. The van der Waals surface area contributed by atoms with Gasteiger partial charge in [-0.05, 0) is 0 Å². The van der Waals surface area contributed by atoms with E-state index in [1.54, 1.807) is 12.1 Å². The molecule has 0 aromatic heterocycles. The molecule has 0 saturated carbocycles. The topological polar surface area (TPSA) is 0 Å². The van der Waals surface area contributed by atoms with Gasteiger partial charge in [0.2, 0.25) is 0 Å². The molecule has 0 amide bonds. The number of benzene rings is 6. The van der Waals surface area contributed by atoms with Gasteiger partial charge < -0.3 is 0 Å². The van der Waals surface area contributed by atoms with Gasteiger partial charge in [-0.3, -0.25) is 0 Å². The van der Waals surface area contributed by atoms with E-state index in [-0.39, 0.29) is 46.2 Å². The zero-order valence-electron chi connectivity index (χ0n) is 42.5. The predicted octanol–water partition coefficient (Wildman–Crippen LogP) is 18.7. The number of rotatable bonds is 13. The van der Waals surface area contributed by atoms with Gasteiger partial charge in [0.1, 0.15) is 0 Å². The average Bonchev–Trinajstić information content (AvgIpc) is 4.24. The van der Waals surface area contributed by atoms with Crippen molar-refractivity contribution in [1.29, 1.82) is 0 Å². The number of alkyl halides is 12. The molecule has 9 rings (SSSR count). The van der Waals surface area contributed by atoms with Crippen LogP contribution in [-0.2, 0) is 41.1 Å². The van der Waals surface area contributed by atoms with Crippen LogP contribution in [0.15, 0.2) is 114 Å². The molecular weight excluding hydrogens is 1140 g/mol. The van der Waals surface area contributed by atoms with E-state index in [9.17, 15) is 69.7 Å². The van der Waals surface area contributed by atoms with Crippen LogP contribution in [-0.4, -0.2) is 9.52 Å². The summed E-state index contributed by atoms with van der Waals surface area (Å²) in [6, 6.07) is 24.4. The van der Waals surface area contributed by atoms with E-state index in [2.05, 4.69) is 6.07 Å². The Hall–Kier alpha value is -4.36. The molecule has 6 aromatic rings. The Kier molecular flexibility index (Phi) is 14.9. The quantitative estimate of drug-likeness (QED) is 0.0797. The molecule has 0 radical (unpaired) electrons. The Morgan fingerprint density at radius 2 is 0.895 bits per heavy atom. The molecule has 1 heterocycles. The molecule has 2 atom stereocenters. The van der Waals surface area contributed by atoms with Gasteiger partial charge >= 0.3 is 449 Å². The summed E-state index contributed by atoms with van der Waals surface area (Å²) in [4.78, 5) is 0. The average molecular weight is 1190 g/mol. The fourth-order valence-corrected chi connectivity index (χ4v) is 40.4. The monoisotopic (exact) mass is 1190 g/mol. The standard InChI is InChI=1S/2C24H23F6.C12H9Si.2ClH.Zr/c2*1-4-5-6-15-9-16-7-8-20(14(2)3)22(21(16)10-15)17-11-18(23(25,26)27)13-19(12-17)24(28,29)30;1-3-7-11-9(5-1)10-6-2-4-8-12(10)13-11;;;/h2*7-14H,4-6H2,1-3H3;1-7H,13H2;2*1H;/q;;;;;+2/p-2. The second-order valence-corrected chi connectivity index (χ2v) is 43.7. The fourth-order valence-electron chi connectivity index (χ4n) is 12.4. The zero-order chi connectivity index (χ0) is 55.3. The van der Waals surface area contributed by atoms with E-state index in [4.69, 9.17) is 0 Å². The van der Waals surface area contributed by atoms with Crippen molar-refractivity contribution in [3.63, 3.8) is 0 Å². The van der Waals surface area contributed by atoms with Crippen molar-refractivity contribution < 1.29 is 69.1 Å². The second kappa shape index (κ2) is 20.1. The van der Waals surface area contributed by atoms with Gasteiger partial charge in [-0.1, -0.05) is 0 Å². The zero-order valence-corrected chi connectivity index (χ0v) is 47.9. The molecule has 0 nitrogen and oxygen atoms in total. The first-order valence-corrected chi connectivity index (χ1v) is 37.4. The SMILES string of the molecule is CCCCC1=Cc2c(ccc(C(C)C)c2-c2cc(C(F)(F)F)cc(C(F)(F)F)c2)[CH]1[Zr]([Cl])([Cl])([c]1cccc2c1[SiH2]c1ccccc1-2)[CH]1C(CCCC)=Cc2c1ccc(C(C)C)c2-c1cc(C(F)(F)F)cc(C(F)(F)F)c1. The Morgan fingerprint density at radius 3 is 1.28 bits per heavy atom. The van der Waals surface area contributed by atoms with Gasteiger partial charge in [-0.25, -0.2) is 0 Å². The van der Waals surface area contributed by atoms with Gasteiger partial charge in [-0.15, -0.1) is 0 Å². The predicted molar refractivity (Wildman–Crippen MR) is 283 cm³/mol. The fraction of sp³-hybridized carbons (Fsp3) is 0.333. The van der Waals surface area contributed by atoms with Crippen LogP contribution in [0.4, 0.5) is 52.7 Å². The van der Waals surface area contributed by atoms with E-state index in [0.29, 0.717) is 71.9 Å². The summed E-state index contributed by atoms with van der Waals surface area (Å²) in [5, 5.41) is 2.13. The van der Waals surface area contributed by atoms with Crippen molar-refractivity contribution in [3.8, 4) is 33.4 Å². The van der Waals surface area contributed by atoms with Gasteiger partial charge in [0.15, 0.2) is 0 Å². The molecule has 2 unspecified atom stereocenters. The second-order valence-electron chi connectivity index (χ2n) is 21.3. The van der Waals surface area contributed by atoms with E-state index in [1.165, 1.54) is 0 Å². The third kappa shape index (κ3) is 9.84. The summed E-state index contributed by atoms with van der Waals surface area (Å²) in [5.41, 5.74) is 0.296. The molecule has 0 N–H and O–H groups in total. The summed E-state index contributed by atoms with van der Waals surface area (Å²) in [7, 11) is 17.1. The van der Waals surface area contributed by atoms with Gasteiger partial charge in [0.05, 0.1) is 0 Å². The molecule has 2 aliphatic carbocycles. The Labute approximate surface area is 445 Å². The van der Waals surface area contributed by atoms with Crippen LogP contribution in [0.2, 0.25) is 0 Å². The van der Waals surface area contributed by atoms with Gasteiger partial charge in [0.25, 0.3) is 0 Å². The third-order valence-electron chi connectivity index (χ3n) is 15.7. The first-order valence-electron chi connectivity index (χ1n) is 25.6. The first-order chi connectivity index (χ1) is 35.5. The minimum atomic E-state index is -6.61. The van der Waals surface area contributed by atoms with Crippen LogP contribution in [0.25, 0.3) is 45.5 Å². The van der Waals surface area contributed by atoms with Crippen LogP contribution in [0.1, 0.15) is 155 Å². The Morgan fingerprint density at radius 1 is 0.500 bits per heavy atom. The van der Waals surface area contributed by atoms with Gasteiger partial charge in [-0.2, -0.15) is 0 Å². The van der Waals surface area contributed by atoms with Crippen molar-refractivity contribution in [2.24, 2.45) is 0 Å². The summed E-state index contributed by atoms with van der Waals surface area (Å²) < 4.78 is 176.